The van der Waals surface area contributed by atoms with Gasteiger partial charge >= 0.3 is 0 Å². The quantitative estimate of drug-likeness (QED) is 0.147. The molecular weight excluding hydrogens is 615 g/mol. The first-order valence-electron chi connectivity index (χ1n) is 16.5. The summed E-state index contributed by atoms with van der Waals surface area (Å²) in [4.78, 5) is 4.53. The van der Waals surface area contributed by atoms with Crippen molar-refractivity contribution in [3.8, 4) is 22.3 Å². The van der Waals surface area contributed by atoms with Crippen molar-refractivity contribution < 1.29 is 8.83 Å². The lowest BCUT2D eigenvalue weighted by Crippen LogP contribution is -2.16. The maximum absolute atomic E-state index is 8.85. The summed E-state index contributed by atoms with van der Waals surface area (Å²) in [5, 5.41) is 13.3. The SMILES string of the molecule is Cc1cccc2c1oc1ccccc12.N=C(N=C(N)c1cccc2c1oc1ccccc12)c1cc(-c2ccccc2)cc(-c2ccccc2)c1. The van der Waals surface area contributed by atoms with Crippen molar-refractivity contribution in [2.75, 3.05) is 0 Å². The number of nitrogens with two attached hydrogens (primary N) is 1. The molecule has 0 aliphatic heterocycles. The van der Waals surface area contributed by atoms with E-state index in [1.807, 2.05) is 109 Å². The van der Waals surface area contributed by atoms with E-state index in [1.54, 1.807) is 0 Å². The summed E-state index contributed by atoms with van der Waals surface area (Å²) < 4.78 is 11.9. The number of fused-ring (bicyclic) bond motifs is 6. The molecule has 5 nitrogen and oxygen atoms in total. The van der Waals surface area contributed by atoms with Gasteiger partial charge in [0.25, 0.3) is 0 Å². The Kier molecular flexibility index (Phi) is 7.99. The third kappa shape index (κ3) is 5.82. The van der Waals surface area contributed by atoms with Crippen molar-refractivity contribution in [1.82, 2.24) is 0 Å². The number of hydrogen-bond acceptors (Lipinski definition) is 3. The molecule has 0 amide bonds. The molecule has 0 atom stereocenters. The Labute approximate surface area is 289 Å². The van der Waals surface area contributed by atoms with Gasteiger partial charge in [0, 0.05) is 27.1 Å². The Balaban J connectivity index is 0.000000214. The summed E-state index contributed by atoms with van der Waals surface area (Å²) in [7, 11) is 0. The molecule has 9 aromatic rings. The normalized spacial score (nSPS) is 11.6. The monoisotopic (exact) mass is 647 g/mol. The lowest BCUT2D eigenvalue weighted by atomic mass is 9.96. The molecule has 0 radical (unpaired) electrons. The van der Waals surface area contributed by atoms with E-state index in [4.69, 9.17) is 20.0 Å². The van der Waals surface area contributed by atoms with Gasteiger partial charge in [-0.3, -0.25) is 5.41 Å². The Bertz CT molecular complexity index is 2630. The van der Waals surface area contributed by atoms with Crippen LogP contribution in [0.3, 0.4) is 0 Å². The fraction of sp³-hybridized carbons (Fsp3) is 0.0222. The van der Waals surface area contributed by atoms with E-state index in [9.17, 15) is 0 Å². The van der Waals surface area contributed by atoms with Crippen molar-refractivity contribution in [2.45, 2.75) is 6.92 Å². The molecule has 0 fully saturated rings. The highest BCUT2D eigenvalue weighted by atomic mass is 16.3. The van der Waals surface area contributed by atoms with Crippen LogP contribution in [0.25, 0.3) is 66.1 Å². The van der Waals surface area contributed by atoms with Crippen LogP contribution in [-0.2, 0) is 0 Å². The van der Waals surface area contributed by atoms with Crippen LogP contribution < -0.4 is 5.73 Å². The number of aliphatic imine (C=N–C) groups is 1. The van der Waals surface area contributed by atoms with Gasteiger partial charge in [-0.25, -0.2) is 4.99 Å². The van der Waals surface area contributed by atoms with Crippen LogP contribution in [-0.4, -0.2) is 11.7 Å². The number of benzene rings is 7. The van der Waals surface area contributed by atoms with Crippen LogP contribution in [0.4, 0.5) is 0 Å². The van der Waals surface area contributed by atoms with Crippen molar-refractivity contribution >= 4 is 55.5 Å². The lowest BCUT2D eigenvalue weighted by Gasteiger charge is -2.11. The van der Waals surface area contributed by atoms with Gasteiger partial charge in [0.2, 0.25) is 0 Å². The molecule has 0 aliphatic rings. The number of aryl methyl sites for hydroxylation is 1. The summed E-state index contributed by atoms with van der Waals surface area (Å²) >= 11 is 0. The highest BCUT2D eigenvalue weighted by Gasteiger charge is 2.15. The smallest absolute Gasteiger partial charge is 0.154 e. The summed E-state index contributed by atoms with van der Waals surface area (Å²) in [5.41, 5.74) is 16.7. The van der Waals surface area contributed by atoms with E-state index >= 15 is 0 Å². The molecule has 0 aliphatic carbocycles. The predicted octanol–water partition coefficient (Wildman–Crippen LogP) is 11.5. The summed E-state index contributed by atoms with van der Waals surface area (Å²) in [6.07, 6.45) is 0. The van der Waals surface area contributed by atoms with Gasteiger partial charge in [0.05, 0.1) is 5.56 Å². The van der Waals surface area contributed by atoms with Crippen LogP contribution >= 0.6 is 0 Å². The fourth-order valence-corrected chi connectivity index (χ4v) is 6.44. The van der Waals surface area contributed by atoms with Crippen molar-refractivity contribution in [3.05, 3.63) is 180 Å². The van der Waals surface area contributed by atoms with E-state index in [-0.39, 0.29) is 11.7 Å². The fourth-order valence-electron chi connectivity index (χ4n) is 6.44. The minimum absolute atomic E-state index is 0.0931. The highest BCUT2D eigenvalue weighted by Crippen LogP contribution is 2.32. The Hall–Kier alpha value is -6.72. The third-order valence-corrected chi connectivity index (χ3v) is 8.93. The molecule has 3 N–H and O–H groups in total. The Morgan fingerprint density at radius 2 is 0.980 bits per heavy atom. The topological polar surface area (TPSA) is 88.5 Å². The van der Waals surface area contributed by atoms with Gasteiger partial charge in [-0.15, -0.1) is 0 Å². The minimum atomic E-state index is 0.0931. The lowest BCUT2D eigenvalue weighted by molar-refractivity contribution is 0.666. The number of nitrogens with one attached hydrogen (secondary N) is 1. The Morgan fingerprint density at radius 3 is 1.58 bits per heavy atom. The first-order valence-corrected chi connectivity index (χ1v) is 16.5. The van der Waals surface area contributed by atoms with E-state index in [2.05, 4.69) is 66.5 Å². The van der Waals surface area contributed by atoms with Crippen molar-refractivity contribution in [1.29, 1.82) is 5.41 Å². The van der Waals surface area contributed by atoms with Gasteiger partial charge in [0.15, 0.2) is 5.84 Å². The van der Waals surface area contributed by atoms with Gasteiger partial charge in [-0.2, -0.15) is 0 Å². The second-order valence-corrected chi connectivity index (χ2v) is 12.2. The summed E-state index contributed by atoms with van der Waals surface area (Å²) in [5.74, 6) is 0.339. The molecular formula is C45H33N3O2. The molecule has 0 spiro atoms. The molecule has 0 saturated carbocycles. The molecule has 240 valence electrons. The number of nitrogens with zero attached hydrogens (tertiary/aromatic N) is 1. The molecule has 0 bridgehead atoms. The molecule has 5 heteroatoms. The molecule has 2 aromatic heterocycles. The average Bonchev–Trinajstić information content (AvgIpc) is 3.75. The zero-order valence-corrected chi connectivity index (χ0v) is 27.4. The number of hydrogen-bond donors (Lipinski definition) is 2. The van der Waals surface area contributed by atoms with E-state index in [1.165, 1.54) is 16.3 Å². The second kappa shape index (κ2) is 13.1. The predicted molar refractivity (Wildman–Crippen MR) is 207 cm³/mol. The number of furan rings is 2. The molecule has 9 rings (SSSR count). The van der Waals surface area contributed by atoms with Crippen LogP contribution in [0.1, 0.15) is 16.7 Å². The van der Waals surface area contributed by atoms with Crippen molar-refractivity contribution in [3.63, 3.8) is 0 Å². The van der Waals surface area contributed by atoms with Gasteiger partial charge in [-0.1, -0.05) is 127 Å². The minimum Gasteiger partial charge on any atom is -0.456 e. The highest BCUT2D eigenvalue weighted by molar-refractivity contribution is 6.17. The van der Waals surface area contributed by atoms with E-state index in [0.717, 1.165) is 49.8 Å². The maximum atomic E-state index is 8.85. The number of amidine groups is 2. The van der Waals surface area contributed by atoms with Crippen LogP contribution in [0.2, 0.25) is 0 Å². The summed E-state index contributed by atoms with van der Waals surface area (Å²) in [6, 6.07) is 54.6. The van der Waals surface area contributed by atoms with Crippen LogP contribution in [0, 0.1) is 12.3 Å². The van der Waals surface area contributed by atoms with Crippen LogP contribution in [0.5, 0.6) is 0 Å². The zero-order valence-electron chi connectivity index (χ0n) is 27.4. The largest absolute Gasteiger partial charge is 0.456 e. The number of para-hydroxylation sites is 4. The van der Waals surface area contributed by atoms with Gasteiger partial charge in [0.1, 0.15) is 28.2 Å². The number of rotatable bonds is 4. The molecule has 7 aromatic carbocycles. The zero-order chi connectivity index (χ0) is 34.0. The second-order valence-electron chi connectivity index (χ2n) is 12.2. The van der Waals surface area contributed by atoms with Crippen LogP contribution in [0.15, 0.2) is 178 Å². The Morgan fingerprint density at radius 1 is 0.500 bits per heavy atom. The third-order valence-electron chi connectivity index (χ3n) is 8.93. The van der Waals surface area contributed by atoms with Crippen molar-refractivity contribution in [2.24, 2.45) is 10.7 Å². The molecule has 0 saturated heterocycles. The first-order chi connectivity index (χ1) is 24.5. The van der Waals surface area contributed by atoms with Gasteiger partial charge < -0.3 is 14.6 Å². The molecule has 50 heavy (non-hydrogen) atoms. The van der Waals surface area contributed by atoms with Gasteiger partial charge in [-0.05, 0) is 71.1 Å². The molecule has 0 unspecified atom stereocenters. The van der Waals surface area contributed by atoms with E-state index in [0.29, 0.717) is 16.7 Å². The summed E-state index contributed by atoms with van der Waals surface area (Å²) in [6.45, 7) is 2.07. The standard InChI is InChI=1S/C32H23N3O.C13H10O/c33-31(35-32(34)28-16-9-15-27-26-14-7-8-17-29(26)36-30(27)28)25-19-23(21-10-3-1-4-11-21)18-24(20-25)22-12-5-2-6-13-22;1-9-5-4-7-11-10-6-2-3-8-12(10)14-13(9)11/h1-20H,(H3,33,34,35);2-8H,1H3. The first kappa shape index (κ1) is 30.6. The van der Waals surface area contributed by atoms with E-state index < -0.39 is 0 Å². The average molecular weight is 648 g/mol. The molecule has 2 heterocycles. The maximum Gasteiger partial charge on any atom is 0.154 e.